The maximum atomic E-state index is 10.9. The quantitative estimate of drug-likeness (QED) is 0.454. The van der Waals surface area contributed by atoms with E-state index in [2.05, 4.69) is 5.10 Å². The molecule has 11 heavy (non-hydrogen) atoms. The lowest BCUT2D eigenvalue weighted by atomic mass is 10.2. The van der Waals surface area contributed by atoms with Crippen molar-refractivity contribution in [2.24, 2.45) is 5.10 Å². The van der Waals surface area contributed by atoms with E-state index < -0.39 is 0 Å². The summed E-state index contributed by atoms with van der Waals surface area (Å²) in [6.07, 6.45) is 1.74. The lowest BCUT2D eigenvalue weighted by Crippen LogP contribution is -2.15. The van der Waals surface area contributed by atoms with E-state index in [1.54, 1.807) is 11.9 Å². The maximum Gasteiger partial charge on any atom is 0.175 e. The Labute approximate surface area is 68.1 Å². The van der Waals surface area contributed by atoms with Crippen molar-refractivity contribution in [3.05, 3.63) is 0 Å². The van der Waals surface area contributed by atoms with Crippen LogP contribution in [0.2, 0.25) is 0 Å². The lowest BCUT2D eigenvalue weighted by Gasteiger charge is -2.06. The summed E-state index contributed by atoms with van der Waals surface area (Å²) >= 11 is 0. The normalized spacial score (nSPS) is 11.5. The van der Waals surface area contributed by atoms with Gasteiger partial charge in [-0.05, 0) is 6.42 Å². The second-order valence-electron chi connectivity index (χ2n) is 2.70. The fourth-order valence-corrected chi connectivity index (χ4v) is 0.775. The standard InChI is InChI=1S/C8H16N2O/c1-5-6-8(7(2)11)9-10(3)4/h5-6H2,1-4H3/b9-8+. The van der Waals surface area contributed by atoms with E-state index >= 15 is 0 Å². The monoisotopic (exact) mass is 156 g/mol. The molecule has 3 heteroatoms. The van der Waals surface area contributed by atoms with Crippen molar-refractivity contribution in [2.75, 3.05) is 14.1 Å². The largest absolute Gasteiger partial charge is 0.303 e. The molecule has 0 aromatic rings. The van der Waals surface area contributed by atoms with E-state index in [0.717, 1.165) is 12.8 Å². The highest BCUT2D eigenvalue weighted by molar-refractivity contribution is 6.38. The van der Waals surface area contributed by atoms with Gasteiger partial charge in [0.1, 0.15) is 5.71 Å². The van der Waals surface area contributed by atoms with Crippen molar-refractivity contribution in [1.82, 2.24) is 5.01 Å². The predicted molar refractivity (Wildman–Crippen MR) is 46.7 cm³/mol. The van der Waals surface area contributed by atoms with Crippen molar-refractivity contribution in [1.29, 1.82) is 0 Å². The van der Waals surface area contributed by atoms with Gasteiger partial charge in [-0.15, -0.1) is 0 Å². The average molecular weight is 156 g/mol. The molecule has 0 rings (SSSR count). The van der Waals surface area contributed by atoms with Gasteiger partial charge in [0.05, 0.1) is 0 Å². The van der Waals surface area contributed by atoms with Gasteiger partial charge in [0.15, 0.2) is 5.78 Å². The third kappa shape index (κ3) is 4.53. The van der Waals surface area contributed by atoms with Crippen LogP contribution < -0.4 is 0 Å². The minimum absolute atomic E-state index is 0.0700. The summed E-state index contributed by atoms with van der Waals surface area (Å²) < 4.78 is 0. The molecule has 0 bridgehead atoms. The van der Waals surface area contributed by atoms with Gasteiger partial charge in [-0.2, -0.15) is 5.10 Å². The Bertz CT molecular complexity index is 161. The van der Waals surface area contributed by atoms with Crippen LogP contribution in [0.15, 0.2) is 5.10 Å². The van der Waals surface area contributed by atoms with E-state index in [-0.39, 0.29) is 5.78 Å². The van der Waals surface area contributed by atoms with E-state index in [4.69, 9.17) is 0 Å². The molecule has 0 radical (unpaired) electrons. The number of hydrogen-bond acceptors (Lipinski definition) is 3. The molecule has 0 heterocycles. The second kappa shape index (κ2) is 4.88. The summed E-state index contributed by atoms with van der Waals surface area (Å²) in [5.41, 5.74) is 0.664. The number of hydrogen-bond donors (Lipinski definition) is 0. The molecule has 0 saturated heterocycles. The van der Waals surface area contributed by atoms with E-state index in [1.807, 2.05) is 21.0 Å². The molecule has 64 valence electrons. The Morgan fingerprint density at radius 1 is 1.45 bits per heavy atom. The number of carbonyl (C=O) groups is 1. The van der Waals surface area contributed by atoms with Crippen molar-refractivity contribution in [3.8, 4) is 0 Å². The SMILES string of the molecule is CCC/C(=N\N(C)C)C(C)=O. The molecule has 3 nitrogen and oxygen atoms in total. The lowest BCUT2D eigenvalue weighted by molar-refractivity contribution is -0.111. The van der Waals surface area contributed by atoms with Gasteiger partial charge < -0.3 is 5.01 Å². The molecule has 0 unspecified atom stereocenters. The predicted octanol–water partition coefficient (Wildman–Crippen LogP) is 1.29. The van der Waals surface area contributed by atoms with Gasteiger partial charge in [0, 0.05) is 21.0 Å². The Balaban J connectivity index is 4.20. The number of rotatable bonds is 4. The smallest absolute Gasteiger partial charge is 0.175 e. The summed E-state index contributed by atoms with van der Waals surface area (Å²) in [6.45, 7) is 3.59. The molecule has 0 fully saturated rings. The minimum Gasteiger partial charge on any atom is -0.303 e. The second-order valence-corrected chi connectivity index (χ2v) is 2.70. The Kier molecular flexibility index (Phi) is 4.50. The van der Waals surface area contributed by atoms with Crippen LogP contribution in [0.5, 0.6) is 0 Å². The van der Waals surface area contributed by atoms with Gasteiger partial charge in [0.2, 0.25) is 0 Å². The van der Waals surface area contributed by atoms with Crippen molar-refractivity contribution in [3.63, 3.8) is 0 Å². The highest BCUT2D eigenvalue weighted by Crippen LogP contribution is 1.94. The number of Topliss-reactive ketones (excluding diaryl/α,β-unsaturated/α-hetero) is 1. The third-order valence-electron chi connectivity index (χ3n) is 1.21. The van der Waals surface area contributed by atoms with E-state index in [9.17, 15) is 4.79 Å². The molecule has 0 aromatic heterocycles. The van der Waals surface area contributed by atoms with Gasteiger partial charge >= 0.3 is 0 Å². The van der Waals surface area contributed by atoms with E-state index in [1.165, 1.54) is 0 Å². The molecule has 0 atom stereocenters. The zero-order valence-corrected chi connectivity index (χ0v) is 7.72. The molecule has 0 aliphatic carbocycles. The highest BCUT2D eigenvalue weighted by atomic mass is 16.1. The zero-order chi connectivity index (χ0) is 8.85. The topological polar surface area (TPSA) is 32.7 Å². The van der Waals surface area contributed by atoms with Crippen LogP contribution in [0.1, 0.15) is 26.7 Å². The molecular formula is C8H16N2O. The van der Waals surface area contributed by atoms with Crippen LogP contribution in [0, 0.1) is 0 Å². The Morgan fingerprint density at radius 2 is 2.00 bits per heavy atom. The van der Waals surface area contributed by atoms with Crippen LogP contribution in [-0.2, 0) is 4.79 Å². The minimum atomic E-state index is 0.0700. The van der Waals surface area contributed by atoms with Gasteiger partial charge in [-0.25, -0.2) is 0 Å². The average Bonchev–Trinajstić information content (AvgIpc) is 1.86. The first-order valence-corrected chi connectivity index (χ1v) is 3.83. The third-order valence-corrected chi connectivity index (χ3v) is 1.21. The first-order chi connectivity index (χ1) is 5.07. The molecule has 0 amide bonds. The summed E-state index contributed by atoms with van der Waals surface area (Å²) in [4.78, 5) is 10.9. The maximum absolute atomic E-state index is 10.9. The Hall–Kier alpha value is -0.860. The first kappa shape index (κ1) is 10.1. The summed E-state index contributed by atoms with van der Waals surface area (Å²) in [6, 6.07) is 0. The van der Waals surface area contributed by atoms with Gasteiger partial charge in [-0.3, -0.25) is 4.79 Å². The fourth-order valence-electron chi connectivity index (χ4n) is 0.775. The number of nitrogens with zero attached hydrogens (tertiary/aromatic N) is 2. The van der Waals surface area contributed by atoms with Crippen molar-refractivity contribution in [2.45, 2.75) is 26.7 Å². The summed E-state index contributed by atoms with van der Waals surface area (Å²) in [5.74, 6) is 0.0700. The number of hydrazone groups is 1. The van der Waals surface area contributed by atoms with Crippen molar-refractivity contribution >= 4 is 11.5 Å². The zero-order valence-electron chi connectivity index (χ0n) is 7.72. The number of ketones is 1. The summed E-state index contributed by atoms with van der Waals surface area (Å²) in [5, 5.41) is 5.73. The van der Waals surface area contributed by atoms with E-state index in [0.29, 0.717) is 5.71 Å². The van der Waals surface area contributed by atoms with Gasteiger partial charge in [0.25, 0.3) is 0 Å². The molecule has 0 N–H and O–H groups in total. The summed E-state index contributed by atoms with van der Waals surface area (Å²) in [7, 11) is 3.64. The molecule has 0 aliphatic heterocycles. The van der Waals surface area contributed by atoms with Crippen molar-refractivity contribution < 1.29 is 4.79 Å². The van der Waals surface area contributed by atoms with Crippen LogP contribution in [0.4, 0.5) is 0 Å². The van der Waals surface area contributed by atoms with Gasteiger partial charge in [-0.1, -0.05) is 13.3 Å². The Morgan fingerprint density at radius 3 is 2.27 bits per heavy atom. The number of carbonyl (C=O) groups excluding carboxylic acids is 1. The fraction of sp³-hybridized carbons (Fsp3) is 0.750. The highest BCUT2D eigenvalue weighted by Gasteiger charge is 2.03. The van der Waals surface area contributed by atoms with Crippen LogP contribution in [0.3, 0.4) is 0 Å². The molecule has 0 saturated carbocycles. The molecular weight excluding hydrogens is 140 g/mol. The first-order valence-electron chi connectivity index (χ1n) is 3.83. The van der Waals surface area contributed by atoms with Crippen LogP contribution >= 0.6 is 0 Å². The molecule has 0 aromatic carbocycles. The van der Waals surface area contributed by atoms with Crippen LogP contribution in [-0.4, -0.2) is 30.6 Å². The molecule has 0 spiro atoms. The van der Waals surface area contributed by atoms with Crippen LogP contribution in [0.25, 0.3) is 0 Å². The molecule has 0 aliphatic rings.